The summed E-state index contributed by atoms with van der Waals surface area (Å²) in [4.78, 5) is 25.7. The van der Waals surface area contributed by atoms with E-state index in [4.69, 9.17) is 9.47 Å². The van der Waals surface area contributed by atoms with Crippen molar-refractivity contribution in [1.29, 1.82) is 0 Å². The summed E-state index contributed by atoms with van der Waals surface area (Å²) in [5, 5.41) is 0. The number of esters is 2. The molecule has 1 heterocycles. The first-order valence-corrected chi connectivity index (χ1v) is 11.8. The first-order chi connectivity index (χ1) is 14.4. The van der Waals surface area contributed by atoms with Gasteiger partial charge in [-0.15, -0.1) is 11.3 Å². The van der Waals surface area contributed by atoms with Gasteiger partial charge in [0, 0.05) is 17.2 Å². The van der Waals surface area contributed by atoms with Crippen LogP contribution in [0.4, 0.5) is 0 Å². The lowest BCUT2D eigenvalue weighted by Crippen LogP contribution is -2.42. The summed E-state index contributed by atoms with van der Waals surface area (Å²) in [6.45, 7) is 6.14. The standard InChI is InChI=1S/C25H28O4S/c1-4-28-24(27)22-13-16-12-21-20-7-5-15-11-17(29-14(2)26)6-8-18(15)19(20)9-10-25(21,3)23(16)30-22/h6,8,11,13,19-21H,4-5,7,9-10,12H2,1-3H3/t19-,20-,21+,25+/m1/s1. The maximum atomic E-state index is 12.2. The Kier molecular flexibility index (Phi) is 4.77. The number of aryl methyl sites for hydroxylation is 1. The topological polar surface area (TPSA) is 52.6 Å². The number of ether oxygens (including phenoxy) is 2. The molecule has 0 unspecified atom stereocenters. The number of rotatable bonds is 3. The van der Waals surface area contributed by atoms with E-state index in [-0.39, 0.29) is 17.4 Å². The summed E-state index contributed by atoms with van der Waals surface area (Å²) in [6.07, 6.45) is 5.62. The second-order valence-electron chi connectivity index (χ2n) is 9.22. The molecule has 0 bridgehead atoms. The van der Waals surface area contributed by atoms with Crippen molar-refractivity contribution in [2.45, 2.75) is 64.2 Å². The van der Waals surface area contributed by atoms with E-state index in [1.54, 1.807) is 11.3 Å². The molecule has 4 nitrogen and oxygen atoms in total. The van der Waals surface area contributed by atoms with Crippen molar-refractivity contribution in [3.8, 4) is 5.75 Å². The van der Waals surface area contributed by atoms with E-state index >= 15 is 0 Å². The van der Waals surface area contributed by atoms with Crippen molar-refractivity contribution in [2.24, 2.45) is 11.8 Å². The van der Waals surface area contributed by atoms with E-state index < -0.39 is 0 Å². The molecule has 0 aliphatic heterocycles. The minimum atomic E-state index is -0.267. The van der Waals surface area contributed by atoms with Gasteiger partial charge in [-0.25, -0.2) is 4.79 Å². The van der Waals surface area contributed by atoms with Gasteiger partial charge in [0.25, 0.3) is 0 Å². The van der Waals surface area contributed by atoms with Crippen LogP contribution in [-0.2, 0) is 27.8 Å². The molecule has 1 fully saturated rings. The van der Waals surface area contributed by atoms with Gasteiger partial charge >= 0.3 is 11.9 Å². The van der Waals surface area contributed by atoms with E-state index in [0.717, 1.165) is 24.1 Å². The quantitative estimate of drug-likeness (QED) is 0.488. The largest absolute Gasteiger partial charge is 0.462 e. The Labute approximate surface area is 181 Å². The third-order valence-electron chi connectivity index (χ3n) is 7.59. The van der Waals surface area contributed by atoms with Crippen LogP contribution in [-0.4, -0.2) is 18.5 Å². The summed E-state index contributed by atoms with van der Waals surface area (Å²) in [5.41, 5.74) is 4.33. The lowest BCUT2D eigenvalue weighted by molar-refractivity contribution is -0.131. The first kappa shape index (κ1) is 19.8. The molecule has 5 heteroatoms. The number of hydrogen-bond donors (Lipinski definition) is 0. The fourth-order valence-electron chi connectivity index (χ4n) is 6.37. The van der Waals surface area contributed by atoms with Gasteiger partial charge in [-0.1, -0.05) is 13.0 Å². The van der Waals surface area contributed by atoms with E-state index in [2.05, 4.69) is 25.1 Å². The van der Waals surface area contributed by atoms with E-state index in [1.807, 2.05) is 13.0 Å². The van der Waals surface area contributed by atoms with Gasteiger partial charge in [0.15, 0.2) is 0 Å². The summed E-state index contributed by atoms with van der Waals surface area (Å²) < 4.78 is 10.5. The predicted molar refractivity (Wildman–Crippen MR) is 116 cm³/mol. The van der Waals surface area contributed by atoms with Crippen LogP contribution in [0.2, 0.25) is 0 Å². The van der Waals surface area contributed by atoms with E-state index in [0.29, 0.717) is 30.1 Å². The second kappa shape index (κ2) is 7.23. The highest BCUT2D eigenvalue weighted by molar-refractivity contribution is 7.14. The lowest BCUT2D eigenvalue weighted by atomic mass is 9.56. The summed E-state index contributed by atoms with van der Waals surface area (Å²) in [6, 6.07) is 8.31. The number of fused-ring (bicyclic) bond motifs is 7. The molecular weight excluding hydrogens is 396 g/mol. The van der Waals surface area contributed by atoms with Crippen molar-refractivity contribution in [2.75, 3.05) is 6.61 Å². The molecule has 1 aromatic heterocycles. The minimum Gasteiger partial charge on any atom is -0.462 e. The first-order valence-electron chi connectivity index (χ1n) is 11.0. The molecule has 4 atom stereocenters. The van der Waals surface area contributed by atoms with Gasteiger partial charge in [0.2, 0.25) is 0 Å². The van der Waals surface area contributed by atoms with Gasteiger partial charge in [-0.05, 0) is 91.7 Å². The van der Waals surface area contributed by atoms with Crippen LogP contribution < -0.4 is 4.74 Å². The normalized spacial score (nSPS) is 28.7. The zero-order valence-corrected chi connectivity index (χ0v) is 18.6. The van der Waals surface area contributed by atoms with Gasteiger partial charge in [-0.3, -0.25) is 4.79 Å². The molecule has 1 aromatic carbocycles. The third-order valence-corrected chi connectivity index (χ3v) is 9.03. The number of hydrogen-bond acceptors (Lipinski definition) is 5. The van der Waals surface area contributed by atoms with Crippen molar-refractivity contribution in [3.05, 3.63) is 50.7 Å². The number of benzene rings is 1. The average molecular weight is 425 g/mol. The lowest BCUT2D eigenvalue weighted by Gasteiger charge is -2.49. The summed E-state index contributed by atoms with van der Waals surface area (Å²) in [7, 11) is 0. The van der Waals surface area contributed by atoms with E-state index in [9.17, 15) is 9.59 Å². The molecule has 158 valence electrons. The molecule has 0 N–H and O–H groups in total. The molecule has 5 rings (SSSR count). The molecule has 0 saturated heterocycles. The Bertz CT molecular complexity index is 1020. The average Bonchev–Trinajstić information content (AvgIpc) is 3.25. The highest BCUT2D eigenvalue weighted by Gasteiger charge is 2.53. The monoisotopic (exact) mass is 424 g/mol. The molecule has 1 saturated carbocycles. The Morgan fingerprint density at radius 2 is 2.03 bits per heavy atom. The molecule has 2 aromatic rings. The molecule has 30 heavy (non-hydrogen) atoms. The van der Waals surface area contributed by atoms with Gasteiger partial charge in [-0.2, -0.15) is 0 Å². The van der Waals surface area contributed by atoms with Crippen LogP contribution in [0.5, 0.6) is 5.75 Å². The van der Waals surface area contributed by atoms with Gasteiger partial charge in [0.1, 0.15) is 10.6 Å². The van der Waals surface area contributed by atoms with Crippen LogP contribution >= 0.6 is 11.3 Å². The highest BCUT2D eigenvalue weighted by Crippen LogP contribution is 2.61. The van der Waals surface area contributed by atoms with Crippen molar-refractivity contribution >= 4 is 23.3 Å². The highest BCUT2D eigenvalue weighted by atomic mass is 32.1. The van der Waals surface area contributed by atoms with Crippen LogP contribution in [0.3, 0.4) is 0 Å². The van der Waals surface area contributed by atoms with Crippen LogP contribution in [0.1, 0.15) is 77.2 Å². The second-order valence-corrected chi connectivity index (χ2v) is 10.3. The molecule has 0 amide bonds. The van der Waals surface area contributed by atoms with Gasteiger partial charge in [0.05, 0.1) is 6.61 Å². The fraction of sp³-hybridized carbons (Fsp3) is 0.520. The summed E-state index contributed by atoms with van der Waals surface area (Å²) >= 11 is 1.66. The fourth-order valence-corrected chi connectivity index (χ4v) is 7.69. The Balaban J connectivity index is 1.42. The molecule has 0 spiro atoms. The SMILES string of the molecule is CCOC(=O)c1cc2c(s1)[C@@]1(C)CC[C@@H]3c4ccc(OC(C)=O)cc4CC[C@H]3[C@@H]1C2. The Morgan fingerprint density at radius 1 is 1.20 bits per heavy atom. The predicted octanol–water partition coefficient (Wildman–Crippen LogP) is 5.42. The Hall–Kier alpha value is -2.14. The summed E-state index contributed by atoms with van der Waals surface area (Å²) in [5.74, 6) is 2.10. The molecule has 0 radical (unpaired) electrons. The van der Waals surface area contributed by atoms with Gasteiger partial charge < -0.3 is 9.47 Å². The van der Waals surface area contributed by atoms with Crippen LogP contribution in [0.25, 0.3) is 0 Å². The van der Waals surface area contributed by atoms with Crippen LogP contribution in [0, 0.1) is 11.8 Å². The molecular formula is C25H28O4S. The van der Waals surface area contributed by atoms with Crippen molar-refractivity contribution in [1.82, 2.24) is 0 Å². The van der Waals surface area contributed by atoms with Crippen LogP contribution in [0.15, 0.2) is 24.3 Å². The minimum absolute atomic E-state index is 0.168. The smallest absolute Gasteiger partial charge is 0.348 e. The maximum absolute atomic E-state index is 12.2. The number of thiophene rings is 1. The maximum Gasteiger partial charge on any atom is 0.348 e. The number of carbonyl (C=O) groups excluding carboxylic acids is 2. The Morgan fingerprint density at radius 3 is 2.80 bits per heavy atom. The van der Waals surface area contributed by atoms with Crippen molar-refractivity contribution < 1.29 is 19.1 Å². The van der Waals surface area contributed by atoms with Crippen molar-refractivity contribution in [3.63, 3.8) is 0 Å². The van der Waals surface area contributed by atoms with E-state index in [1.165, 1.54) is 41.3 Å². The number of carbonyl (C=O) groups is 2. The molecule has 3 aliphatic carbocycles. The zero-order chi connectivity index (χ0) is 21.0. The zero-order valence-electron chi connectivity index (χ0n) is 17.8. The third kappa shape index (κ3) is 3.01. The molecule has 3 aliphatic rings.